The third-order valence-corrected chi connectivity index (χ3v) is 3.55. The predicted molar refractivity (Wildman–Crippen MR) is 85.5 cm³/mol. The molecule has 0 aromatic heterocycles. The first-order valence-corrected chi connectivity index (χ1v) is 7.08. The minimum atomic E-state index is -0.253. The minimum absolute atomic E-state index is 0.253. The van der Waals surface area contributed by atoms with E-state index in [0.717, 1.165) is 17.9 Å². The molecule has 3 nitrogen and oxygen atoms in total. The van der Waals surface area contributed by atoms with Crippen LogP contribution in [0.25, 0.3) is 0 Å². The van der Waals surface area contributed by atoms with Gasteiger partial charge in [-0.1, -0.05) is 49.4 Å². The molecule has 2 atom stereocenters. The zero-order valence-corrected chi connectivity index (χ0v) is 12.4. The van der Waals surface area contributed by atoms with Gasteiger partial charge < -0.3 is 10.1 Å². The summed E-state index contributed by atoms with van der Waals surface area (Å²) in [7, 11) is 1.63. The summed E-state index contributed by atoms with van der Waals surface area (Å²) in [5, 5.41) is 12.7. The monoisotopic (exact) mass is 280 g/mol. The van der Waals surface area contributed by atoms with E-state index < -0.39 is 0 Å². The Balaban J connectivity index is 2.06. The number of ether oxygens (including phenoxy) is 1. The summed E-state index contributed by atoms with van der Waals surface area (Å²) in [6, 6.07) is 20.0. The van der Waals surface area contributed by atoms with Crippen molar-refractivity contribution in [3.8, 4) is 11.8 Å². The molecule has 0 amide bonds. The summed E-state index contributed by atoms with van der Waals surface area (Å²) < 4.78 is 5.31. The minimum Gasteiger partial charge on any atom is -0.495 e. The number of hydrogen-bond acceptors (Lipinski definition) is 3. The lowest BCUT2D eigenvalue weighted by Gasteiger charge is -2.19. The van der Waals surface area contributed by atoms with E-state index >= 15 is 0 Å². The SMILES string of the molecule is COc1ccccc1NC(C#N)CC(C)c1ccccc1. The van der Waals surface area contributed by atoms with Crippen molar-refractivity contribution in [1.29, 1.82) is 5.26 Å². The van der Waals surface area contributed by atoms with Crippen LogP contribution in [0.4, 0.5) is 5.69 Å². The summed E-state index contributed by atoms with van der Waals surface area (Å²) in [4.78, 5) is 0. The molecule has 2 aromatic carbocycles. The molecular formula is C18H20N2O. The van der Waals surface area contributed by atoms with Crippen LogP contribution >= 0.6 is 0 Å². The van der Waals surface area contributed by atoms with Gasteiger partial charge in [0.1, 0.15) is 11.8 Å². The van der Waals surface area contributed by atoms with Crippen LogP contribution in [-0.4, -0.2) is 13.2 Å². The molecule has 108 valence electrons. The maximum atomic E-state index is 9.39. The van der Waals surface area contributed by atoms with Gasteiger partial charge in [-0.25, -0.2) is 0 Å². The Morgan fingerprint density at radius 3 is 2.43 bits per heavy atom. The molecule has 0 heterocycles. The van der Waals surface area contributed by atoms with E-state index in [2.05, 4.69) is 30.4 Å². The van der Waals surface area contributed by atoms with Crippen molar-refractivity contribution in [2.45, 2.75) is 25.3 Å². The summed E-state index contributed by atoms with van der Waals surface area (Å²) >= 11 is 0. The molecule has 0 aliphatic carbocycles. The third-order valence-electron chi connectivity index (χ3n) is 3.55. The zero-order valence-electron chi connectivity index (χ0n) is 12.4. The normalized spacial score (nSPS) is 13.0. The number of methoxy groups -OCH3 is 1. The lowest BCUT2D eigenvalue weighted by Crippen LogP contribution is -2.20. The highest BCUT2D eigenvalue weighted by molar-refractivity contribution is 5.57. The fraction of sp³-hybridized carbons (Fsp3) is 0.278. The van der Waals surface area contributed by atoms with Gasteiger partial charge in [-0.3, -0.25) is 0 Å². The number of anilines is 1. The molecule has 0 spiro atoms. The van der Waals surface area contributed by atoms with Crippen LogP contribution in [0.5, 0.6) is 5.75 Å². The molecule has 0 bridgehead atoms. The molecule has 21 heavy (non-hydrogen) atoms. The largest absolute Gasteiger partial charge is 0.495 e. The fourth-order valence-corrected chi connectivity index (χ4v) is 2.37. The second-order valence-corrected chi connectivity index (χ2v) is 5.07. The first kappa shape index (κ1) is 14.9. The number of nitrogens with zero attached hydrogens (tertiary/aromatic N) is 1. The molecule has 2 rings (SSSR count). The molecule has 1 N–H and O–H groups in total. The average molecular weight is 280 g/mol. The van der Waals surface area contributed by atoms with Crippen LogP contribution in [0.3, 0.4) is 0 Å². The lowest BCUT2D eigenvalue weighted by atomic mass is 9.94. The number of rotatable bonds is 6. The Hall–Kier alpha value is -2.47. The molecule has 3 heteroatoms. The summed E-state index contributed by atoms with van der Waals surface area (Å²) in [5.74, 6) is 1.07. The van der Waals surface area contributed by atoms with E-state index in [4.69, 9.17) is 4.74 Å². The smallest absolute Gasteiger partial charge is 0.141 e. The van der Waals surface area contributed by atoms with Crippen LogP contribution in [0.1, 0.15) is 24.8 Å². The van der Waals surface area contributed by atoms with E-state index in [1.807, 2.05) is 42.5 Å². The van der Waals surface area contributed by atoms with Gasteiger partial charge in [-0.15, -0.1) is 0 Å². The molecule has 0 aliphatic rings. The van der Waals surface area contributed by atoms with E-state index in [0.29, 0.717) is 5.92 Å². The second-order valence-electron chi connectivity index (χ2n) is 5.07. The van der Waals surface area contributed by atoms with Crippen molar-refractivity contribution < 1.29 is 4.74 Å². The van der Waals surface area contributed by atoms with Gasteiger partial charge >= 0.3 is 0 Å². The van der Waals surface area contributed by atoms with Crippen molar-refractivity contribution in [2.24, 2.45) is 0 Å². The van der Waals surface area contributed by atoms with Crippen molar-refractivity contribution in [2.75, 3.05) is 12.4 Å². The van der Waals surface area contributed by atoms with Gasteiger partial charge in [0.2, 0.25) is 0 Å². The van der Waals surface area contributed by atoms with Crippen molar-refractivity contribution >= 4 is 5.69 Å². The number of nitrogens with one attached hydrogen (secondary N) is 1. The standard InChI is InChI=1S/C18H20N2O/c1-14(15-8-4-3-5-9-15)12-16(13-19)20-17-10-6-7-11-18(17)21-2/h3-11,14,16,20H,12H2,1-2H3. The van der Waals surface area contributed by atoms with E-state index in [1.54, 1.807) is 7.11 Å². The predicted octanol–water partition coefficient (Wildman–Crippen LogP) is 4.19. The Bertz CT molecular complexity index is 604. The van der Waals surface area contributed by atoms with Gasteiger partial charge in [-0.05, 0) is 30.0 Å². The highest BCUT2D eigenvalue weighted by Gasteiger charge is 2.15. The number of hydrogen-bond donors (Lipinski definition) is 1. The Morgan fingerprint density at radius 1 is 1.10 bits per heavy atom. The molecule has 0 fully saturated rings. The molecule has 2 aromatic rings. The summed E-state index contributed by atoms with van der Waals surface area (Å²) in [6.45, 7) is 2.14. The molecule has 0 saturated heterocycles. The van der Waals surface area contributed by atoms with E-state index in [-0.39, 0.29) is 6.04 Å². The van der Waals surface area contributed by atoms with E-state index in [9.17, 15) is 5.26 Å². The van der Waals surface area contributed by atoms with Crippen LogP contribution < -0.4 is 10.1 Å². The average Bonchev–Trinajstić information content (AvgIpc) is 2.55. The topological polar surface area (TPSA) is 45.0 Å². The first-order chi connectivity index (χ1) is 10.2. The Morgan fingerprint density at radius 2 is 1.76 bits per heavy atom. The highest BCUT2D eigenvalue weighted by atomic mass is 16.5. The van der Waals surface area contributed by atoms with Crippen LogP contribution in [0.2, 0.25) is 0 Å². The molecule has 0 radical (unpaired) electrons. The van der Waals surface area contributed by atoms with Gasteiger partial charge in [0.05, 0.1) is 18.9 Å². The summed E-state index contributed by atoms with van der Waals surface area (Å²) in [6.07, 6.45) is 0.749. The van der Waals surface area contributed by atoms with Crippen molar-refractivity contribution in [1.82, 2.24) is 0 Å². The number of benzene rings is 2. The molecule has 0 saturated carbocycles. The number of nitriles is 1. The summed E-state index contributed by atoms with van der Waals surface area (Å²) in [5.41, 5.74) is 2.10. The van der Waals surface area contributed by atoms with E-state index in [1.165, 1.54) is 5.56 Å². The first-order valence-electron chi connectivity index (χ1n) is 7.08. The Kier molecular flexibility index (Phi) is 5.22. The van der Waals surface area contributed by atoms with Crippen molar-refractivity contribution in [3.05, 3.63) is 60.2 Å². The van der Waals surface area contributed by atoms with Crippen molar-refractivity contribution in [3.63, 3.8) is 0 Å². The maximum Gasteiger partial charge on any atom is 0.141 e. The van der Waals surface area contributed by atoms with Gasteiger partial charge in [0.25, 0.3) is 0 Å². The molecule has 2 unspecified atom stereocenters. The van der Waals surface area contributed by atoms with Gasteiger partial charge in [0, 0.05) is 0 Å². The zero-order chi connectivity index (χ0) is 15.1. The van der Waals surface area contributed by atoms with Crippen LogP contribution in [0.15, 0.2) is 54.6 Å². The third kappa shape index (κ3) is 4.00. The molecule has 0 aliphatic heterocycles. The van der Waals surface area contributed by atoms with Crippen LogP contribution in [-0.2, 0) is 0 Å². The fourth-order valence-electron chi connectivity index (χ4n) is 2.37. The molecular weight excluding hydrogens is 260 g/mol. The number of para-hydroxylation sites is 2. The van der Waals surface area contributed by atoms with Crippen LogP contribution in [0, 0.1) is 11.3 Å². The highest BCUT2D eigenvalue weighted by Crippen LogP contribution is 2.26. The quantitative estimate of drug-likeness (QED) is 0.862. The maximum absolute atomic E-state index is 9.39. The second kappa shape index (κ2) is 7.35. The Labute approximate surface area is 126 Å². The lowest BCUT2D eigenvalue weighted by molar-refractivity contribution is 0.416. The van der Waals surface area contributed by atoms with Gasteiger partial charge in [-0.2, -0.15) is 5.26 Å². The van der Waals surface area contributed by atoms with Gasteiger partial charge in [0.15, 0.2) is 0 Å².